The Morgan fingerprint density at radius 1 is 1.35 bits per heavy atom. The summed E-state index contributed by atoms with van der Waals surface area (Å²) in [6, 6.07) is 8.48. The molecule has 0 saturated carbocycles. The van der Waals surface area contributed by atoms with Crippen molar-refractivity contribution < 1.29 is 9.84 Å². The molecule has 2 heterocycles. The highest BCUT2D eigenvalue weighted by atomic mass is 32.2. The lowest BCUT2D eigenvalue weighted by Crippen LogP contribution is -2.36. The summed E-state index contributed by atoms with van der Waals surface area (Å²) in [6.07, 6.45) is 2.96. The second kappa shape index (κ2) is 5.01. The van der Waals surface area contributed by atoms with E-state index in [9.17, 15) is 5.11 Å². The van der Waals surface area contributed by atoms with Crippen LogP contribution in [0.1, 0.15) is 18.4 Å². The summed E-state index contributed by atoms with van der Waals surface area (Å²) >= 11 is 1.83. The Morgan fingerprint density at radius 3 is 3.00 bits per heavy atom. The number of aliphatic hydroxyl groups is 1. The first-order valence-electron chi connectivity index (χ1n) is 6.35. The molecule has 1 aromatic rings. The van der Waals surface area contributed by atoms with Crippen molar-refractivity contribution in [3.05, 3.63) is 29.8 Å². The van der Waals surface area contributed by atoms with Crippen LogP contribution in [-0.4, -0.2) is 29.7 Å². The quantitative estimate of drug-likeness (QED) is 0.874. The summed E-state index contributed by atoms with van der Waals surface area (Å²) in [5.74, 6) is 0.329. The van der Waals surface area contributed by atoms with Crippen LogP contribution in [0.2, 0.25) is 0 Å². The lowest BCUT2D eigenvalue weighted by atomic mass is 9.91. The molecule has 0 aliphatic carbocycles. The van der Waals surface area contributed by atoms with Gasteiger partial charge in [-0.3, -0.25) is 0 Å². The lowest BCUT2D eigenvalue weighted by molar-refractivity contribution is -0.00900. The summed E-state index contributed by atoms with van der Waals surface area (Å²) in [5, 5.41) is 10.8. The van der Waals surface area contributed by atoms with Gasteiger partial charge in [-0.15, -0.1) is 11.8 Å². The minimum atomic E-state index is -0.229. The number of hydrogen-bond donors (Lipinski definition) is 1. The monoisotopic (exact) mass is 250 g/mol. The number of thioether (sulfide) groups is 1. The molecule has 3 rings (SSSR count). The van der Waals surface area contributed by atoms with E-state index in [4.69, 9.17) is 4.74 Å². The SMILES string of the molecule is OC(C1CCCOC1)C1Cc2ccccc2S1. The molecule has 1 saturated heterocycles. The van der Waals surface area contributed by atoms with Crippen molar-refractivity contribution in [3.8, 4) is 0 Å². The molecule has 1 aromatic carbocycles. The Kier molecular flexibility index (Phi) is 3.41. The van der Waals surface area contributed by atoms with E-state index in [2.05, 4.69) is 24.3 Å². The number of rotatable bonds is 2. The summed E-state index contributed by atoms with van der Waals surface area (Å²) in [6.45, 7) is 1.59. The number of hydrogen-bond acceptors (Lipinski definition) is 3. The zero-order chi connectivity index (χ0) is 11.7. The molecule has 3 unspecified atom stereocenters. The Labute approximate surface area is 106 Å². The van der Waals surface area contributed by atoms with Gasteiger partial charge in [0.2, 0.25) is 0 Å². The molecule has 1 fully saturated rings. The first-order chi connectivity index (χ1) is 8.34. The topological polar surface area (TPSA) is 29.5 Å². The maximum Gasteiger partial charge on any atom is 0.0715 e. The molecule has 0 spiro atoms. The first kappa shape index (κ1) is 11.6. The van der Waals surface area contributed by atoms with Crippen molar-refractivity contribution in [2.24, 2.45) is 5.92 Å². The Morgan fingerprint density at radius 2 is 2.24 bits per heavy atom. The zero-order valence-corrected chi connectivity index (χ0v) is 10.7. The van der Waals surface area contributed by atoms with Crippen LogP contribution in [0.4, 0.5) is 0 Å². The highest BCUT2D eigenvalue weighted by Crippen LogP contribution is 2.40. The van der Waals surface area contributed by atoms with E-state index in [1.807, 2.05) is 11.8 Å². The highest BCUT2D eigenvalue weighted by Gasteiger charge is 2.33. The standard InChI is InChI=1S/C14H18O2S/c15-14(11-5-3-7-16-9-11)13-8-10-4-1-2-6-12(10)17-13/h1-2,4,6,11,13-15H,3,5,7-9H2. The van der Waals surface area contributed by atoms with Crippen LogP contribution in [0.25, 0.3) is 0 Å². The van der Waals surface area contributed by atoms with Crippen molar-refractivity contribution in [1.29, 1.82) is 0 Å². The molecule has 17 heavy (non-hydrogen) atoms. The van der Waals surface area contributed by atoms with Crippen molar-refractivity contribution in [1.82, 2.24) is 0 Å². The van der Waals surface area contributed by atoms with Crippen molar-refractivity contribution in [2.75, 3.05) is 13.2 Å². The summed E-state index contributed by atoms with van der Waals surface area (Å²) < 4.78 is 5.47. The minimum Gasteiger partial charge on any atom is -0.392 e. The van der Waals surface area contributed by atoms with Gasteiger partial charge in [0, 0.05) is 22.7 Å². The predicted octanol–water partition coefficient (Wildman–Crippen LogP) is 2.49. The number of fused-ring (bicyclic) bond motifs is 1. The Balaban J connectivity index is 1.67. The molecule has 92 valence electrons. The lowest BCUT2D eigenvalue weighted by Gasteiger charge is -2.29. The molecule has 0 aromatic heterocycles. The molecule has 0 radical (unpaired) electrons. The maximum absolute atomic E-state index is 10.4. The van der Waals surface area contributed by atoms with Gasteiger partial charge >= 0.3 is 0 Å². The predicted molar refractivity (Wildman–Crippen MR) is 69.3 cm³/mol. The van der Waals surface area contributed by atoms with Crippen LogP contribution >= 0.6 is 11.8 Å². The average Bonchev–Trinajstić information content (AvgIpc) is 2.82. The molecule has 0 amide bonds. The van der Waals surface area contributed by atoms with Gasteiger partial charge in [-0.25, -0.2) is 0 Å². The Hall–Kier alpha value is -0.510. The van der Waals surface area contributed by atoms with E-state index in [-0.39, 0.29) is 6.10 Å². The van der Waals surface area contributed by atoms with Crippen molar-refractivity contribution >= 4 is 11.8 Å². The molecule has 2 aliphatic rings. The summed E-state index contributed by atoms with van der Waals surface area (Å²) in [7, 11) is 0. The van der Waals surface area contributed by atoms with E-state index < -0.39 is 0 Å². The molecule has 0 bridgehead atoms. The van der Waals surface area contributed by atoms with Crippen LogP contribution < -0.4 is 0 Å². The van der Waals surface area contributed by atoms with E-state index in [0.717, 1.165) is 32.5 Å². The van der Waals surface area contributed by atoms with Crippen LogP contribution in [0.15, 0.2) is 29.2 Å². The van der Waals surface area contributed by atoms with Crippen LogP contribution in [0.3, 0.4) is 0 Å². The van der Waals surface area contributed by atoms with Gasteiger partial charge < -0.3 is 9.84 Å². The van der Waals surface area contributed by atoms with E-state index in [1.165, 1.54) is 10.5 Å². The second-order valence-corrected chi connectivity index (χ2v) is 6.22. The zero-order valence-electron chi connectivity index (χ0n) is 9.84. The fraction of sp³-hybridized carbons (Fsp3) is 0.571. The average molecular weight is 250 g/mol. The summed E-state index contributed by atoms with van der Waals surface area (Å²) in [4.78, 5) is 1.34. The van der Waals surface area contributed by atoms with Gasteiger partial charge in [-0.2, -0.15) is 0 Å². The third-order valence-corrected chi connectivity index (χ3v) is 5.13. The van der Waals surface area contributed by atoms with Crippen LogP contribution in [-0.2, 0) is 11.2 Å². The summed E-state index contributed by atoms with van der Waals surface area (Å²) in [5.41, 5.74) is 1.39. The normalized spacial score (nSPS) is 29.9. The number of aliphatic hydroxyl groups excluding tert-OH is 1. The van der Waals surface area contributed by atoms with Gasteiger partial charge in [0.1, 0.15) is 0 Å². The third-order valence-electron chi connectivity index (χ3n) is 3.73. The number of ether oxygens (including phenoxy) is 1. The third kappa shape index (κ3) is 2.37. The number of benzene rings is 1. The van der Waals surface area contributed by atoms with Crippen molar-refractivity contribution in [2.45, 2.75) is 35.5 Å². The second-order valence-electron chi connectivity index (χ2n) is 4.94. The van der Waals surface area contributed by atoms with E-state index in [1.54, 1.807) is 0 Å². The fourth-order valence-electron chi connectivity index (χ4n) is 2.74. The highest BCUT2D eigenvalue weighted by molar-refractivity contribution is 8.00. The first-order valence-corrected chi connectivity index (χ1v) is 7.23. The molecule has 3 atom stereocenters. The van der Waals surface area contributed by atoms with Gasteiger partial charge in [-0.1, -0.05) is 18.2 Å². The molecular weight excluding hydrogens is 232 g/mol. The van der Waals surface area contributed by atoms with Crippen LogP contribution in [0, 0.1) is 5.92 Å². The van der Waals surface area contributed by atoms with Gasteiger partial charge in [-0.05, 0) is 30.9 Å². The van der Waals surface area contributed by atoms with Gasteiger partial charge in [0.25, 0.3) is 0 Å². The van der Waals surface area contributed by atoms with E-state index in [0.29, 0.717) is 11.2 Å². The Bertz CT molecular complexity index is 363. The van der Waals surface area contributed by atoms with Gasteiger partial charge in [0.15, 0.2) is 0 Å². The maximum atomic E-state index is 10.4. The molecular formula is C14H18O2S. The van der Waals surface area contributed by atoms with E-state index >= 15 is 0 Å². The smallest absolute Gasteiger partial charge is 0.0715 e. The molecule has 2 aliphatic heterocycles. The van der Waals surface area contributed by atoms with Gasteiger partial charge in [0.05, 0.1) is 12.7 Å². The van der Waals surface area contributed by atoms with Crippen LogP contribution in [0.5, 0.6) is 0 Å². The minimum absolute atomic E-state index is 0.229. The molecule has 3 heteroatoms. The largest absolute Gasteiger partial charge is 0.392 e. The molecule has 2 nitrogen and oxygen atoms in total. The van der Waals surface area contributed by atoms with Crippen molar-refractivity contribution in [3.63, 3.8) is 0 Å². The molecule has 1 N–H and O–H groups in total. The fourth-order valence-corrected chi connectivity index (χ4v) is 4.15.